The summed E-state index contributed by atoms with van der Waals surface area (Å²) in [4.78, 5) is 12.6. The Morgan fingerprint density at radius 3 is 2.43 bits per heavy atom. The van der Waals surface area contributed by atoms with Crippen LogP contribution in [0.2, 0.25) is 0 Å². The summed E-state index contributed by atoms with van der Waals surface area (Å²) in [7, 11) is -1.99. The molecule has 0 bridgehead atoms. The minimum Gasteiger partial charge on any atom is -0.496 e. The lowest BCUT2D eigenvalue weighted by Gasteiger charge is -2.26. The summed E-state index contributed by atoms with van der Waals surface area (Å²) >= 11 is 0. The van der Waals surface area contributed by atoms with E-state index in [1.54, 1.807) is 13.2 Å². The highest BCUT2D eigenvalue weighted by molar-refractivity contribution is 7.89. The zero-order valence-electron chi connectivity index (χ0n) is 15.9. The molecule has 0 atom stereocenters. The van der Waals surface area contributed by atoms with Gasteiger partial charge in [-0.3, -0.25) is 4.79 Å². The molecule has 3 rings (SSSR count). The molecule has 1 aliphatic rings. The third kappa shape index (κ3) is 4.49. The maximum Gasteiger partial charge on any atom is 0.243 e. The first-order valence-corrected chi connectivity index (χ1v) is 10.4. The molecule has 0 N–H and O–H groups in total. The molecule has 0 unspecified atom stereocenters. The quantitative estimate of drug-likeness (QED) is 0.550. The third-order valence-electron chi connectivity index (χ3n) is 4.55. The van der Waals surface area contributed by atoms with Crippen molar-refractivity contribution in [3.8, 4) is 5.75 Å². The van der Waals surface area contributed by atoms with Crippen molar-refractivity contribution < 1.29 is 22.7 Å². The van der Waals surface area contributed by atoms with Crippen molar-refractivity contribution in [2.24, 2.45) is 0 Å². The second-order valence-corrected chi connectivity index (χ2v) is 8.42. The van der Waals surface area contributed by atoms with E-state index in [0.29, 0.717) is 37.6 Å². The molecule has 1 saturated heterocycles. The topological polar surface area (TPSA) is 72.9 Å². The van der Waals surface area contributed by atoms with Gasteiger partial charge in [0, 0.05) is 24.2 Å². The van der Waals surface area contributed by atoms with E-state index in [0.717, 1.165) is 11.1 Å². The Balaban J connectivity index is 1.76. The molecule has 1 heterocycles. The molecule has 2 aromatic rings. The standard InChI is InChI=1S/C21H23NO5S/c1-16-3-10-21(26-2)18(15-16)6-9-20(23)17-4-7-19(8-5-17)28(24,25)22-11-13-27-14-12-22/h3-10,15H,11-14H2,1-2H3/b9-6+. The second-order valence-electron chi connectivity index (χ2n) is 6.48. The Hall–Kier alpha value is -2.48. The summed E-state index contributed by atoms with van der Waals surface area (Å²) < 4.78 is 37.2. The molecule has 0 aliphatic carbocycles. The molecule has 148 valence electrons. The van der Waals surface area contributed by atoms with Crippen molar-refractivity contribution in [1.82, 2.24) is 4.31 Å². The average molecular weight is 401 g/mol. The van der Waals surface area contributed by atoms with Crippen LogP contribution in [0.3, 0.4) is 0 Å². The van der Waals surface area contributed by atoms with Crippen LogP contribution in [-0.2, 0) is 14.8 Å². The fraction of sp³-hybridized carbons (Fsp3) is 0.286. The first-order chi connectivity index (χ1) is 13.4. The number of benzene rings is 2. The van der Waals surface area contributed by atoms with E-state index in [-0.39, 0.29) is 10.7 Å². The second kappa shape index (κ2) is 8.68. The molecular weight excluding hydrogens is 378 g/mol. The first-order valence-electron chi connectivity index (χ1n) is 8.97. The fourth-order valence-electron chi connectivity index (χ4n) is 2.97. The summed E-state index contributed by atoms with van der Waals surface area (Å²) in [5.74, 6) is 0.473. The van der Waals surface area contributed by atoms with Crippen LogP contribution in [0.5, 0.6) is 5.75 Å². The molecule has 0 amide bonds. The van der Waals surface area contributed by atoms with Gasteiger partial charge in [-0.25, -0.2) is 8.42 Å². The van der Waals surface area contributed by atoms with Gasteiger partial charge in [0.2, 0.25) is 10.0 Å². The van der Waals surface area contributed by atoms with Gasteiger partial charge in [0.25, 0.3) is 0 Å². The van der Waals surface area contributed by atoms with Gasteiger partial charge in [-0.1, -0.05) is 11.6 Å². The Labute approximate surface area is 165 Å². The van der Waals surface area contributed by atoms with Crippen molar-refractivity contribution in [3.63, 3.8) is 0 Å². The number of morpholine rings is 1. The van der Waals surface area contributed by atoms with Crippen molar-refractivity contribution in [1.29, 1.82) is 0 Å². The van der Waals surface area contributed by atoms with Crippen LogP contribution in [0, 0.1) is 6.92 Å². The van der Waals surface area contributed by atoms with Crippen LogP contribution in [0.25, 0.3) is 6.08 Å². The van der Waals surface area contributed by atoms with Gasteiger partial charge >= 0.3 is 0 Å². The summed E-state index contributed by atoms with van der Waals surface area (Å²) in [5, 5.41) is 0. The smallest absolute Gasteiger partial charge is 0.243 e. The van der Waals surface area contributed by atoms with E-state index in [9.17, 15) is 13.2 Å². The van der Waals surface area contributed by atoms with E-state index in [4.69, 9.17) is 9.47 Å². The van der Waals surface area contributed by atoms with Crippen LogP contribution >= 0.6 is 0 Å². The lowest BCUT2D eigenvalue weighted by molar-refractivity contribution is 0.0730. The zero-order chi connectivity index (χ0) is 20.1. The number of allylic oxidation sites excluding steroid dienone is 1. The monoisotopic (exact) mass is 401 g/mol. The Morgan fingerprint density at radius 1 is 1.11 bits per heavy atom. The third-order valence-corrected chi connectivity index (χ3v) is 6.46. The number of hydrogen-bond donors (Lipinski definition) is 0. The van der Waals surface area contributed by atoms with Gasteiger partial charge in [-0.15, -0.1) is 0 Å². The number of hydrogen-bond acceptors (Lipinski definition) is 5. The number of aryl methyl sites for hydroxylation is 1. The molecule has 1 fully saturated rings. The SMILES string of the molecule is COc1ccc(C)cc1/C=C/C(=O)c1ccc(S(=O)(=O)N2CCOCC2)cc1. The van der Waals surface area contributed by atoms with Crippen LogP contribution < -0.4 is 4.74 Å². The number of rotatable bonds is 6. The maximum atomic E-state index is 12.6. The van der Waals surface area contributed by atoms with Crippen molar-refractivity contribution in [2.45, 2.75) is 11.8 Å². The van der Waals surface area contributed by atoms with Gasteiger partial charge in [0.05, 0.1) is 25.2 Å². The maximum absolute atomic E-state index is 12.6. The van der Waals surface area contributed by atoms with E-state index >= 15 is 0 Å². The minimum absolute atomic E-state index is 0.176. The molecule has 0 spiro atoms. The van der Waals surface area contributed by atoms with Crippen LogP contribution in [-0.4, -0.2) is 51.9 Å². The highest BCUT2D eigenvalue weighted by Gasteiger charge is 2.26. The number of sulfonamides is 1. The zero-order valence-corrected chi connectivity index (χ0v) is 16.7. The van der Waals surface area contributed by atoms with Crippen molar-refractivity contribution >= 4 is 21.9 Å². The Bertz CT molecular complexity index is 974. The first kappa shape index (κ1) is 20.3. The Morgan fingerprint density at radius 2 is 1.79 bits per heavy atom. The fourth-order valence-corrected chi connectivity index (χ4v) is 4.38. The molecule has 0 aromatic heterocycles. The summed E-state index contributed by atoms with van der Waals surface area (Å²) in [6.07, 6.45) is 3.16. The number of ether oxygens (including phenoxy) is 2. The molecule has 28 heavy (non-hydrogen) atoms. The number of ketones is 1. The number of carbonyl (C=O) groups is 1. The molecule has 0 saturated carbocycles. The molecule has 2 aromatic carbocycles. The number of methoxy groups -OCH3 is 1. The van der Waals surface area contributed by atoms with Crippen molar-refractivity contribution in [2.75, 3.05) is 33.4 Å². The predicted molar refractivity (Wildman–Crippen MR) is 107 cm³/mol. The number of nitrogens with zero attached hydrogens (tertiary/aromatic N) is 1. The summed E-state index contributed by atoms with van der Waals surface area (Å²) in [6.45, 7) is 3.42. The molecule has 6 nitrogen and oxygen atoms in total. The lowest BCUT2D eigenvalue weighted by atomic mass is 10.1. The summed E-state index contributed by atoms with van der Waals surface area (Å²) in [6, 6.07) is 11.7. The lowest BCUT2D eigenvalue weighted by Crippen LogP contribution is -2.40. The van der Waals surface area contributed by atoms with E-state index in [2.05, 4.69) is 0 Å². The van der Waals surface area contributed by atoms with Crippen LogP contribution in [0.1, 0.15) is 21.5 Å². The van der Waals surface area contributed by atoms with Gasteiger partial charge < -0.3 is 9.47 Å². The van der Waals surface area contributed by atoms with Crippen molar-refractivity contribution in [3.05, 3.63) is 65.2 Å². The summed E-state index contributed by atoms with van der Waals surface area (Å²) in [5.41, 5.74) is 2.29. The van der Waals surface area contributed by atoms with Gasteiger partial charge in [0.1, 0.15) is 5.75 Å². The minimum atomic E-state index is -3.57. The van der Waals surface area contributed by atoms with Gasteiger partial charge in [-0.05, 0) is 55.5 Å². The van der Waals surface area contributed by atoms with Crippen LogP contribution in [0.4, 0.5) is 0 Å². The average Bonchev–Trinajstić information content (AvgIpc) is 2.73. The molecule has 0 radical (unpaired) electrons. The van der Waals surface area contributed by atoms with E-state index in [1.165, 1.54) is 34.6 Å². The normalized spacial score (nSPS) is 15.6. The highest BCUT2D eigenvalue weighted by Crippen LogP contribution is 2.22. The molecule has 1 aliphatic heterocycles. The van der Waals surface area contributed by atoms with Crippen LogP contribution in [0.15, 0.2) is 53.4 Å². The largest absolute Gasteiger partial charge is 0.496 e. The number of carbonyl (C=O) groups excluding carboxylic acids is 1. The molecular formula is C21H23NO5S. The Kier molecular flexibility index (Phi) is 6.28. The highest BCUT2D eigenvalue weighted by atomic mass is 32.2. The van der Waals surface area contributed by atoms with E-state index in [1.807, 2.05) is 25.1 Å². The van der Waals surface area contributed by atoms with Gasteiger partial charge in [0.15, 0.2) is 5.78 Å². The molecule has 7 heteroatoms. The van der Waals surface area contributed by atoms with E-state index < -0.39 is 10.0 Å². The predicted octanol–water partition coefficient (Wildman–Crippen LogP) is 2.92. The van der Waals surface area contributed by atoms with Gasteiger partial charge in [-0.2, -0.15) is 4.31 Å².